The van der Waals surface area contributed by atoms with Gasteiger partial charge in [0.15, 0.2) is 0 Å². The summed E-state index contributed by atoms with van der Waals surface area (Å²) in [7, 11) is 1.90. The van der Waals surface area contributed by atoms with E-state index in [0.29, 0.717) is 25.9 Å². The molecule has 0 fully saturated rings. The number of carbonyl (C=O) groups is 2. The molecule has 0 saturated carbocycles. The van der Waals surface area contributed by atoms with Crippen LogP contribution in [0, 0.1) is 0 Å². The quantitative estimate of drug-likeness (QED) is 0.513. The molecule has 1 heterocycles. The Balaban J connectivity index is 2.05. The predicted molar refractivity (Wildman–Crippen MR) is 61.2 cm³/mol. The molecule has 0 unspecified atom stereocenters. The van der Waals surface area contributed by atoms with Crippen LogP contribution in [0.4, 0.5) is 0 Å². The lowest BCUT2D eigenvalue weighted by atomic mass is 10.3. The SMILES string of the molecule is Cn1cnc(CCNC(=O)CCCOC=O)c1. The van der Waals surface area contributed by atoms with Crippen molar-refractivity contribution in [3.8, 4) is 0 Å². The Morgan fingerprint density at radius 1 is 1.65 bits per heavy atom. The lowest BCUT2D eigenvalue weighted by Gasteiger charge is -2.03. The van der Waals surface area contributed by atoms with Crippen molar-refractivity contribution in [1.29, 1.82) is 0 Å². The van der Waals surface area contributed by atoms with Gasteiger partial charge in [-0.25, -0.2) is 4.98 Å². The average molecular weight is 239 g/mol. The first-order valence-electron chi connectivity index (χ1n) is 5.51. The van der Waals surface area contributed by atoms with Gasteiger partial charge in [0.1, 0.15) is 0 Å². The highest BCUT2D eigenvalue weighted by Crippen LogP contribution is 1.95. The summed E-state index contributed by atoms with van der Waals surface area (Å²) >= 11 is 0. The lowest BCUT2D eigenvalue weighted by Crippen LogP contribution is -2.25. The smallest absolute Gasteiger partial charge is 0.293 e. The number of carbonyl (C=O) groups excluding carboxylic acids is 2. The van der Waals surface area contributed by atoms with Crippen molar-refractivity contribution in [1.82, 2.24) is 14.9 Å². The number of aryl methyl sites for hydroxylation is 1. The van der Waals surface area contributed by atoms with E-state index in [1.165, 1.54) is 0 Å². The van der Waals surface area contributed by atoms with Crippen molar-refractivity contribution in [3.05, 3.63) is 18.2 Å². The minimum atomic E-state index is -0.0320. The van der Waals surface area contributed by atoms with Crippen LogP contribution >= 0.6 is 0 Å². The van der Waals surface area contributed by atoms with Crippen molar-refractivity contribution in [3.63, 3.8) is 0 Å². The maximum Gasteiger partial charge on any atom is 0.293 e. The van der Waals surface area contributed by atoms with E-state index in [2.05, 4.69) is 15.0 Å². The fourth-order valence-corrected chi connectivity index (χ4v) is 1.38. The zero-order valence-corrected chi connectivity index (χ0v) is 9.89. The Morgan fingerprint density at radius 3 is 3.12 bits per heavy atom. The molecule has 0 aromatic carbocycles. The topological polar surface area (TPSA) is 73.2 Å². The molecule has 1 aromatic heterocycles. The summed E-state index contributed by atoms with van der Waals surface area (Å²) < 4.78 is 6.36. The zero-order chi connectivity index (χ0) is 12.5. The highest BCUT2D eigenvalue weighted by molar-refractivity contribution is 5.75. The summed E-state index contributed by atoms with van der Waals surface area (Å²) in [6.07, 6.45) is 5.29. The molecule has 0 spiro atoms. The number of hydrogen-bond acceptors (Lipinski definition) is 4. The van der Waals surface area contributed by atoms with Gasteiger partial charge >= 0.3 is 0 Å². The summed E-state index contributed by atoms with van der Waals surface area (Å²) in [4.78, 5) is 25.3. The van der Waals surface area contributed by atoms with E-state index in [1.54, 1.807) is 6.33 Å². The van der Waals surface area contributed by atoms with Gasteiger partial charge in [-0.15, -0.1) is 0 Å². The summed E-state index contributed by atoms with van der Waals surface area (Å²) in [5.41, 5.74) is 0.956. The van der Waals surface area contributed by atoms with Crippen LogP contribution in [0.2, 0.25) is 0 Å². The fraction of sp³-hybridized carbons (Fsp3) is 0.545. The number of nitrogens with zero attached hydrogens (tertiary/aromatic N) is 2. The van der Waals surface area contributed by atoms with Gasteiger partial charge in [-0.2, -0.15) is 0 Å². The summed E-state index contributed by atoms with van der Waals surface area (Å²) in [5, 5.41) is 2.79. The molecule has 0 radical (unpaired) electrons. The molecule has 0 atom stereocenters. The highest BCUT2D eigenvalue weighted by Gasteiger charge is 2.01. The van der Waals surface area contributed by atoms with Gasteiger partial charge < -0.3 is 14.6 Å². The number of ether oxygens (including phenoxy) is 1. The molecule has 94 valence electrons. The van der Waals surface area contributed by atoms with Gasteiger partial charge in [0.05, 0.1) is 18.6 Å². The molecule has 17 heavy (non-hydrogen) atoms. The number of rotatable bonds is 8. The van der Waals surface area contributed by atoms with E-state index in [0.717, 1.165) is 12.1 Å². The summed E-state index contributed by atoms with van der Waals surface area (Å²) in [5.74, 6) is -0.0320. The van der Waals surface area contributed by atoms with Gasteiger partial charge in [0.2, 0.25) is 5.91 Å². The molecule has 1 N–H and O–H groups in total. The van der Waals surface area contributed by atoms with E-state index in [-0.39, 0.29) is 12.5 Å². The molecule has 0 aliphatic heterocycles. The average Bonchev–Trinajstić information content (AvgIpc) is 2.71. The molecule has 1 rings (SSSR count). The number of nitrogens with one attached hydrogen (secondary N) is 1. The first-order chi connectivity index (χ1) is 8.22. The fourth-order valence-electron chi connectivity index (χ4n) is 1.38. The minimum Gasteiger partial charge on any atom is -0.468 e. The Labute approximate surface area is 100.0 Å². The number of amides is 1. The zero-order valence-electron chi connectivity index (χ0n) is 9.89. The van der Waals surface area contributed by atoms with Gasteiger partial charge in [0, 0.05) is 32.6 Å². The molecule has 1 amide bonds. The number of imidazole rings is 1. The first kappa shape index (κ1) is 13.2. The summed E-state index contributed by atoms with van der Waals surface area (Å²) in [6, 6.07) is 0. The second-order valence-corrected chi connectivity index (χ2v) is 3.70. The van der Waals surface area contributed by atoms with Crippen LogP contribution in [-0.2, 0) is 27.8 Å². The van der Waals surface area contributed by atoms with Gasteiger partial charge in [-0.1, -0.05) is 0 Å². The lowest BCUT2D eigenvalue weighted by molar-refractivity contribution is -0.130. The first-order valence-corrected chi connectivity index (χ1v) is 5.51. The Kier molecular flexibility index (Phi) is 5.77. The van der Waals surface area contributed by atoms with Crippen LogP contribution in [0.1, 0.15) is 18.5 Å². The molecular weight excluding hydrogens is 222 g/mol. The van der Waals surface area contributed by atoms with Gasteiger partial charge in [-0.05, 0) is 6.42 Å². The molecule has 6 nitrogen and oxygen atoms in total. The van der Waals surface area contributed by atoms with Crippen molar-refractivity contribution >= 4 is 12.4 Å². The van der Waals surface area contributed by atoms with E-state index in [9.17, 15) is 9.59 Å². The Bertz CT molecular complexity index is 363. The monoisotopic (exact) mass is 239 g/mol. The third kappa shape index (κ3) is 5.70. The van der Waals surface area contributed by atoms with Crippen LogP contribution in [0.5, 0.6) is 0 Å². The molecule has 1 aromatic rings. The number of hydrogen-bond donors (Lipinski definition) is 1. The van der Waals surface area contributed by atoms with E-state index < -0.39 is 0 Å². The van der Waals surface area contributed by atoms with Crippen LogP contribution in [0.15, 0.2) is 12.5 Å². The third-order valence-electron chi connectivity index (χ3n) is 2.20. The molecule has 0 bridgehead atoms. The van der Waals surface area contributed by atoms with Crippen LogP contribution in [0.3, 0.4) is 0 Å². The van der Waals surface area contributed by atoms with Gasteiger partial charge in [-0.3, -0.25) is 9.59 Å². The molecule has 0 aliphatic carbocycles. The standard InChI is InChI=1S/C11H17N3O3/c1-14-7-10(13-8-14)4-5-12-11(16)3-2-6-17-9-15/h7-9H,2-6H2,1H3,(H,12,16). The minimum absolute atomic E-state index is 0.0320. The number of aromatic nitrogens is 2. The highest BCUT2D eigenvalue weighted by atomic mass is 16.5. The Morgan fingerprint density at radius 2 is 2.47 bits per heavy atom. The third-order valence-corrected chi connectivity index (χ3v) is 2.20. The predicted octanol–water partition coefficient (Wildman–Crippen LogP) is 0.0320. The van der Waals surface area contributed by atoms with Crippen LogP contribution in [-0.4, -0.2) is 35.1 Å². The van der Waals surface area contributed by atoms with Crippen molar-refractivity contribution < 1.29 is 14.3 Å². The maximum absolute atomic E-state index is 11.3. The van der Waals surface area contributed by atoms with E-state index >= 15 is 0 Å². The van der Waals surface area contributed by atoms with E-state index in [1.807, 2.05) is 17.8 Å². The molecule has 0 saturated heterocycles. The maximum atomic E-state index is 11.3. The second-order valence-electron chi connectivity index (χ2n) is 3.70. The van der Waals surface area contributed by atoms with Gasteiger partial charge in [0.25, 0.3) is 6.47 Å². The van der Waals surface area contributed by atoms with Crippen molar-refractivity contribution in [2.45, 2.75) is 19.3 Å². The summed E-state index contributed by atoms with van der Waals surface area (Å²) in [6.45, 7) is 1.25. The normalized spacial score (nSPS) is 9.94. The van der Waals surface area contributed by atoms with Crippen LogP contribution in [0.25, 0.3) is 0 Å². The molecule has 6 heteroatoms. The molecule has 0 aliphatic rings. The van der Waals surface area contributed by atoms with Crippen molar-refractivity contribution in [2.75, 3.05) is 13.2 Å². The van der Waals surface area contributed by atoms with Crippen LogP contribution < -0.4 is 5.32 Å². The Hall–Kier alpha value is -1.85. The van der Waals surface area contributed by atoms with E-state index in [4.69, 9.17) is 0 Å². The second kappa shape index (κ2) is 7.43. The molecular formula is C11H17N3O3. The van der Waals surface area contributed by atoms with Crippen molar-refractivity contribution in [2.24, 2.45) is 7.05 Å². The largest absolute Gasteiger partial charge is 0.468 e.